The predicted octanol–water partition coefficient (Wildman–Crippen LogP) is 3.37. The Balaban J connectivity index is 2.93. The Hall–Kier alpha value is -1.33. The highest BCUT2D eigenvalue weighted by molar-refractivity contribution is 5.27. The zero-order valence-electron chi connectivity index (χ0n) is 11.1. The Morgan fingerprint density at radius 3 is 2.76 bits per heavy atom. The second-order valence-electron chi connectivity index (χ2n) is 5.52. The van der Waals surface area contributed by atoms with Gasteiger partial charge in [0.2, 0.25) is 0 Å². The van der Waals surface area contributed by atoms with E-state index in [0.717, 1.165) is 12.0 Å². The fraction of sp³-hybridized carbons (Fsp3) is 0.533. The summed E-state index contributed by atoms with van der Waals surface area (Å²) in [5.74, 6) is 0.327. The minimum Gasteiger partial charge on any atom is -0.389 e. The van der Waals surface area contributed by atoms with Crippen molar-refractivity contribution in [1.82, 2.24) is 0 Å². The van der Waals surface area contributed by atoms with Crippen LogP contribution in [0.15, 0.2) is 35.5 Å². The van der Waals surface area contributed by atoms with Crippen LogP contribution in [0.3, 0.4) is 0 Å². The minimum atomic E-state index is -0.328. The van der Waals surface area contributed by atoms with Crippen LogP contribution in [0.5, 0.6) is 0 Å². The highest BCUT2D eigenvalue weighted by atomic mass is 16.3. The van der Waals surface area contributed by atoms with E-state index in [-0.39, 0.29) is 11.5 Å². The van der Waals surface area contributed by atoms with Crippen molar-refractivity contribution >= 4 is 0 Å². The molecule has 0 aromatic heterocycles. The minimum absolute atomic E-state index is 0.0572. The van der Waals surface area contributed by atoms with Gasteiger partial charge in [-0.05, 0) is 31.3 Å². The molecule has 0 spiro atoms. The topological polar surface area (TPSA) is 44.0 Å². The van der Waals surface area contributed by atoms with Gasteiger partial charge in [-0.1, -0.05) is 37.6 Å². The van der Waals surface area contributed by atoms with E-state index in [2.05, 4.69) is 26.8 Å². The van der Waals surface area contributed by atoms with E-state index in [0.29, 0.717) is 5.92 Å². The van der Waals surface area contributed by atoms with Crippen molar-refractivity contribution in [3.05, 3.63) is 35.5 Å². The van der Waals surface area contributed by atoms with Crippen molar-refractivity contribution in [3.8, 4) is 6.07 Å². The van der Waals surface area contributed by atoms with Crippen molar-refractivity contribution < 1.29 is 5.11 Å². The molecular weight excluding hydrogens is 210 g/mol. The summed E-state index contributed by atoms with van der Waals surface area (Å²) in [4.78, 5) is 0. The van der Waals surface area contributed by atoms with Crippen LogP contribution in [-0.2, 0) is 0 Å². The van der Waals surface area contributed by atoms with Crippen molar-refractivity contribution in [3.63, 3.8) is 0 Å². The van der Waals surface area contributed by atoms with Crippen LogP contribution < -0.4 is 0 Å². The molecule has 0 aromatic rings. The summed E-state index contributed by atoms with van der Waals surface area (Å²) in [5.41, 5.74) is 2.22. The van der Waals surface area contributed by atoms with Gasteiger partial charge in [-0.15, -0.1) is 0 Å². The van der Waals surface area contributed by atoms with Gasteiger partial charge in [0.1, 0.15) is 0 Å². The third kappa shape index (κ3) is 3.57. The standard InChI is InChI=1S/C15H21NO/c1-11(7-8-16)5-6-14-12(2)9-13(17)10-15(14,3)4/h5-7,9,13-14,17H,10H2,1-4H3/b6-5?,11-7+. The van der Waals surface area contributed by atoms with Gasteiger partial charge in [-0.2, -0.15) is 5.26 Å². The molecule has 2 nitrogen and oxygen atoms in total. The van der Waals surface area contributed by atoms with Crippen LogP contribution >= 0.6 is 0 Å². The number of rotatable bonds is 2. The maximum atomic E-state index is 9.74. The molecule has 2 unspecified atom stereocenters. The quantitative estimate of drug-likeness (QED) is 0.450. The summed E-state index contributed by atoms with van der Waals surface area (Å²) < 4.78 is 0. The zero-order chi connectivity index (χ0) is 13.1. The van der Waals surface area contributed by atoms with Gasteiger partial charge in [0, 0.05) is 12.0 Å². The summed E-state index contributed by atoms with van der Waals surface area (Å²) in [5, 5.41) is 18.3. The lowest BCUT2D eigenvalue weighted by Crippen LogP contribution is -2.32. The smallest absolute Gasteiger partial charge is 0.0914 e. The fourth-order valence-corrected chi connectivity index (χ4v) is 2.56. The van der Waals surface area contributed by atoms with E-state index in [1.807, 2.05) is 25.1 Å². The third-order valence-corrected chi connectivity index (χ3v) is 3.37. The number of hydrogen-bond acceptors (Lipinski definition) is 2. The third-order valence-electron chi connectivity index (χ3n) is 3.37. The molecule has 17 heavy (non-hydrogen) atoms. The first-order chi connectivity index (χ1) is 7.86. The van der Waals surface area contributed by atoms with Crippen LogP contribution in [0.4, 0.5) is 0 Å². The van der Waals surface area contributed by atoms with Gasteiger partial charge in [0.25, 0.3) is 0 Å². The average molecular weight is 231 g/mol. The van der Waals surface area contributed by atoms with Gasteiger partial charge in [-0.3, -0.25) is 0 Å². The van der Waals surface area contributed by atoms with E-state index in [9.17, 15) is 5.11 Å². The van der Waals surface area contributed by atoms with E-state index in [1.54, 1.807) is 6.08 Å². The summed E-state index contributed by atoms with van der Waals surface area (Å²) in [6.45, 7) is 8.32. The molecular formula is C15H21NO. The Morgan fingerprint density at radius 2 is 2.24 bits per heavy atom. The monoisotopic (exact) mass is 231 g/mol. The first-order valence-corrected chi connectivity index (χ1v) is 5.98. The van der Waals surface area contributed by atoms with E-state index < -0.39 is 0 Å². The maximum absolute atomic E-state index is 9.74. The number of hydrogen-bond donors (Lipinski definition) is 1. The largest absolute Gasteiger partial charge is 0.389 e. The number of nitriles is 1. The molecule has 1 rings (SSSR count). The molecule has 0 aromatic carbocycles. The Kier molecular flexibility index (Phi) is 4.31. The van der Waals surface area contributed by atoms with Crippen LogP contribution in [0, 0.1) is 22.7 Å². The Bertz CT molecular complexity index is 407. The summed E-state index contributed by atoms with van der Waals surface area (Å²) in [6.07, 6.45) is 8.06. The molecule has 92 valence electrons. The Labute approximate surface area is 104 Å². The number of nitrogens with zero attached hydrogens (tertiary/aromatic N) is 1. The molecule has 0 fully saturated rings. The molecule has 0 saturated heterocycles. The lowest BCUT2D eigenvalue weighted by molar-refractivity contribution is 0.117. The molecule has 0 radical (unpaired) electrons. The second kappa shape index (κ2) is 5.33. The number of aliphatic hydroxyl groups is 1. The zero-order valence-corrected chi connectivity index (χ0v) is 11.1. The van der Waals surface area contributed by atoms with Gasteiger partial charge in [-0.25, -0.2) is 0 Å². The lowest BCUT2D eigenvalue weighted by atomic mass is 9.67. The first-order valence-electron chi connectivity index (χ1n) is 5.98. The highest BCUT2D eigenvalue weighted by Crippen LogP contribution is 2.41. The molecule has 1 N–H and O–H groups in total. The van der Waals surface area contributed by atoms with E-state index >= 15 is 0 Å². The first kappa shape index (κ1) is 13.7. The molecule has 0 aliphatic heterocycles. The molecule has 1 aliphatic rings. The highest BCUT2D eigenvalue weighted by Gasteiger charge is 2.34. The van der Waals surface area contributed by atoms with Crippen molar-refractivity contribution in [1.29, 1.82) is 5.26 Å². The predicted molar refractivity (Wildman–Crippen MR) is 70.2 cm³/mol. The average Bonchev–Trinajstić information content (AvgIpc) is 2.14. The Morgan fingerprint density at radius 1 is 1.59 bits per heavy atom. The normalized spacial score (nSPS) is 28.9. The SMILES string of the molecule is CC1=CC(O)CC(C)(C)C1C=C/C(C)=C/C#N. The molecule has 2 atom stereocenters. The van der Waals surface area contributed by atoms with Crippen LogP contribution in [0.25, 0.3) is 0 Å². The van der Waals surface area contributed by atoms with Crippen LogP contribution in [0.1, 0.15) is 34.1 Å². The van der Waals surface area contributed by atoms with Crippen LogP contribution in [-0.4, -0.2) is 11.2 Å². The van der Waals surface area contributed by atoms with Crippen molar-refractivity contribution in [2.75, 3.05) is 0 Å². The second-order valence-corrected chi connectivity index (χ2v) is 5.52. The van der Waals surface area contributed by atoms with Gasteiger partial charge < -0.3 is 5.11 Å². The number of allylic oxidation sites excluding steroid dienone is 5. The summed E-state index contributed by atoms with van der Waals surface area (Å²) in [7, 11) is 0. The van der Waals surface area contributed by atoms with E-state index in [4.69, 9.17) is 5.26 Å². The molecule has 0 amide bonds. The molecule has 0 heterocycles. The number of aliphatic hydroxyl groups excluding tert-OH is 1. The van der Waals surface area contributed by atoms with E-state index in [1.165, 1.54) is 5.57 Å². The lowest BCUT2D eigenvalue weighted by Gasteiger charge is -2.38. The van der Waals surface area contributed by atoms with Gasteiger partial charge in [0.05, 0.1) is 12.2 Å². The fourth-order valence-electron chi connectivity index (χ4n) is 2.56. The molecule has 2 heteroatoms. The van der Waals surface area contributed by atoms with Gasteiger partial charge in [0.15, 0.2) is 0 Å². The van der Waals surface area contributed by atoms with Crippen molar-refractivity contribution in [2.45, 2.75) is 40.2 Å². The summed E-state index contributed by atoms with van der Waals surface area (Å²) in [6, 6.07) is 2.03. The maximum Gasteiger partial charge on any atom is 0.0914 e. The van der Waals surface area contributed by atoms with Crippen LogP contribution in [0.2, 0.25) is 0 Å². The molecule has 1 aliphatic carbocycles. The summed E-state index contributed by atoms with van der Waals surface area (Å²) >= 11 is 0. The van der Waals surface area contributed by atoms with Gasteiger partial charge >= 0.3 is 0 Å². The molecule has 0 bridgehead atoms. The molecule has 0 saturated carbocycles. The van der Waals surface area contributed by atoms with Crippen molar-refractivity contribution in [2.24, 2.45) is 11.3 Å².